The number of rotatable bonds is 5. The number of hydrogen-bond donors (Lipinski definition) is 2. The van der Waals surface area contributed by atoms with E-state index in [1.54, 1.807) is 0 Å². The number of fused-ring (bicyclic) bond motifs is 2. The Bertz CT molecular complexity index is 451. The van der Waals surface area contributed by atoms with Crippen LogP contribution in [0, 0.1) is 17.8 Å². The van der Waals surface area contributed by atoms with Crippen molar-refractivity contribution in [3.05, 3.63) is 11.9 Å². The van der Waals surface area contributed by atoms with Crippen LogP contribution in [0.1, 0.15) is 45.4 Å². The van der Waals surface area contributed by atoms with Crippen LogP contribution < -0.4 is 10.6 Å². The van der Waals surface area contributed by atoms with Gasteiger partial charge in [0.2, 0.25) is 0 Å². The highest BCUT2D eigenvalue weighted by Crippen LogP contribution is 2.49. The first-order chi connectivity index (χ1) is 9.69. The van der Waals surface area contributed by atoms with Crippen molar-refractivity contribution >= 4 is 11.6 Å². The van der Waals surface area contributed by atoms with Gasteiger partial charge in [0.25, 0.3) is 0 Å². The van der Waals surface area contributed by atoms with Crippen molar-refractivity contribution in [2.24, 2.45) is 17.8 Å². The molecule has 4 nitrogen and oxygen atoms in total. The lowest BCUT2D eigenvalue weighted by molar-refractivity contribution is 0.304. The van der Waals surface area contributed by atoms with Crippen molar-refractivity contribution in [2.45, 2.75) is 52.0 Å². The predicted octanol–water partition coefficient (Wildman–Crippen LogP) is 3.32. The molecule has 4 heteroatoms. The van der Waals surface area contributed by atoms with E-state index in [-0.39, 0.29) is 0 Å². The van der Waals surface area contributed by atoms with Crippen LogP contribution in [0.4, 0.5) is 11.6 Å². The molecule has 2 fully saturated rings. The maximum Gasteiger partial charge on any atom is 0.132 e. The largest absolute Gasteiger partial charge is 0.373 e. The maximum absolute atomic E-state index is 4.61. The van der Waals surface area contributed by atoms with Crippen LogP contribution in [-0.4, -0.2) is 23.1 Å². The van der Waals surface area contributed by atoms with Gasteiger partial charge in [-0.05, 0) is 43.9 Å². The summed E-state index contributed by atoms with van der Waals surface area (Å²) in [6.07, 6.45) is 6.64. The average Bonchev–Trinajstić information content (AvgIpc) is 3.09. The maximum atomic E-state index is 4.61. The molecule has 1 aromatic heterocycles. The second-order valence-corrected chi connectivity index (χ2v) is 6.43. The second kappa shape index (κ2) is 5.58. The van der Waals surface area contributed by atoms with Crippen LogP contribution in [0.5, 0.6) is 0 Å². The van der Waals surface area contributed by atoms with Crippen molar-refractivity contribution < 1.29 is 0 Å². The Kier molecular flexibility index (Phi) is 3.81. The van der Waals surface area contributed by atoms with Crippen molar-refractivity contribution in [1.82, 2.24) is 9.97 Å². The lowest BCUT2D eigenvalue weighted by Crippen LogP contribution is -2.30. The summed E-state index contributed by atoms with van der Waals surface area (Å²) in [4.78, 5) is 9.06. The molecule has 2 aliphatic rings. The van der Waals surface area contributed by atoms with Gasteiger partial charge in [0.1, 0.15) is 17.5 Å². The molecule has 3 rings (SSSR count). The molecule has 0 aliphatic heterocycles. The van der Waals surface area contributed by atoms with Crippen molar-refractivity contribution in [3.63, 3.8) is 0 Å². The van der Waals surface area contributed by atoms with E-state index >= 15 is 0 Å². The van der Waals surface area contributed by atoms with E-state index in [1.807, 2.05) is 13.1 Å². The van der Waals surface area contributed by atoms with Crippen molar-refractivity contribution in [3.8, 4) is 0 Å². The molecular weight excluding hydrogens is 248 g/mol. The van der Waals surface area contributed by atoms with E-state index in [9.17, 15) is 0 Å². The lowest BCUT2D eigenvalue weighted by Gasteiger charge is -2.29. The molecule has 1 aromatic rings. The third-order valence-electron chi connectivity index (χ3n) is 5.16. The lowest BCUT2D eigenvalue weighted by atomic mass is 9.84. The third-order valence-corrected chi connectivity index (χ3v) is 5.16. The second-order valence-electron chi connectivity index (χ2n) is 6.43. The van der Waals surface area contributed by atoms with Crippen LogP contribution in [0.25, 0.3) is 0 Å². The highest BCUT2D eigenvalue weighted by Gasteiger charge is 2.41. The van der Waals surface area contributed by atoms with Crippen LogP contribution in [0.3, 0.4) is 0 Å². The molecule has 110 valence electrons. The van der Waals surface area contributed by atoms with E-state index in [2.05, 4.69) is 34.4 Å². The SMILES string of the molecule is CCc1nc(NC)cc(NC(C)C2CC3CCC2C3)n1. The smallest absolute Gasteiger partial charge is 0.132 e. The Hall–Kier alpha value is -1.32. The molecule has 0 spiro atoms. The van der Waals surface area contributed by atoms with Crippen LogP contribution >= 0.6 is 0 Å². The van der Waals surface area contributed by atoms with Gasteiger partial charge in [0.15, 0.2) is 0 Å². The number of nitrogens with zero attached hydrogens (tertiary/aromatic N) is 2. The molecule has 0 aromatic carbocycles. The van der Waals surface area contributed by atoms with Crippen molar-refractivity contribution in [1.29, 1.82) is 0 Å². The van der Waals surface area contributed by atoms with Gasteiger partial charge in [0.05, 0.1) is 0 Å². The summed E-state index contributed by atoms with van der Waals surface area (Å²) in [6, 6.07) is 2.53. The Morgan fingerprint density at radius 1 is 1.25 bits per heavy atom. The van der Waals surface area contributed by atoms with Gasteiger partial charge in [-0.2, -0.15) is 0 Å². The van der Waals surface area contributed by atoms with Gasteiger partial charge < -0.3 is 10.6 Å². The van der Waals surface area contributed by atoms with Crippen LogP contribution in [0.15, 0.2) is 6.07 Å². The molecular formula is C16H26N4. The van der Waals surface area contributed by atoms with Crippen LogP contribution in [0.2, 0.25) is 0 Å². The summed E-state index contributed by atoms with van der Waals surface area (Å²) >= 11 is 0. The number of aryl methyl sites for hydroxylation is 1. The minimum Gasteiger partial charge on any atom is -0.373 e. The Balaban J connectivity index is 1.70. The highest BCUT2D eigenvalue weighted by atomic mass is 15.1. The summed E-state index contributed by atoms with van der Waals surface area (Å²) in [7, 11) is 1.91. The quantitative estimate of drug-likeness (QED) is 0.865. The fourth-order valence-electron chi connectivity index (χ4n) is 4.10. The minimum absolute atomic E-state index is 0.509. The van der Waals surface area contributed by atoms with Gasteiger partial charge >= 0.3 is 0 Å². The summed E-state index contributed by atoms with van der Waals surface area (Å²) in [6.45, 7) is 4.41. The number of aromatic nitrogens is 2. The molecule has 2 N–H and O–H groups in total. The van der Waals surface area contributed by atoms with E-state index in [1.165, 1.54) is 25.7 Å². The van der Waals surface area contributed by atoms with Gasteiger partial charge in [0, 0.05) is 25.6 Å². The molecule has 20 heavy (non-hydrogen) atoms. The van der Waals surface area contributed by atoms with Crippen molar-refractivity contribution in [2.75, 3.05) is 17.7 Å². The van der Waals surface area contributed by atoms with Gasteiger partial charge in [-0.25, -0.2) is 9.97 Å². The van der Waals surface area contributed by atoms with Gasteiger partial charge in [-0.3, -0.25) is 0 Å². The molecule has 0 amide bonds. The number of nitrogens with one attached hydrogen (secondary N) is 2. The summed E-state index contributed by atoms with van der Waals surface area (Å²) in [5.41, 5.74) is 0. The highest BCUT2D eigenvalue weighted by molar-refractivity contribution is 5.47. The van der Waals surface area contributed by atoms with E-state index < -0.39 is 0 Å². The Labute approximate surface area is 121 Å². The Morgan fingerprint density at radius 3 is 2.65 bits per heavy atom. The standard InChI is InChI=1S/C16H26N4/c1-4-14-19-15(17-3)9-16(20-14)18-10(2)13-8-11-5-6-12(13)7-11/h9-13H,4-8H2,1-3H3,(H2,17,18,19,20). The third kappa shape index (κ3) is 2.60. The molecule has 0 saturated heterocycles. The zero-order chi connectivity index (χ0) is 14.1. The van der Waals surface area contributed by atoms with Gasteiger partial charge in [-0.15, -0.1) is 0 Å². The Morgan fingerprint density at radius 2 is 2.05 bits per heavy atom. The topological polar surface area (TPSA) is 49.8 Å². The molecule has 1 heterocycles. The molecule has 0 radical (unpaired) electrons. The normalized spacial score (nSPS) is 29.4. The first kappa shape index (κ1) is 13.7. The van der Waals surface area contributed by atoms with E-state index in [4.69, 9.17) is 0 Å². The fourth-order valence-corrected chi connectivity index (χ4v) is 4.10. The molecule has 4 atom stereocenters. The van der Waals surface area contributed by atoms with Gasteiger partial charge in [-0.1, -0.05) is 13.3 Å². The van der Waals surface area contributed by atoms with E-state index in [0.717, 1.165) is 41.6 Å². The molecule has 4 unspecified atom stereocenters. The zero-order valence-corrected chi connectivity index (χ0v) is 12.8. The zero-order valence-electron chi connectivity index (χ0n) is 12.8. The fraction of sp³-hybridized carbons (Fsp3) is 0.750. The number of anilines is 2. The number of hydrogen-bond acceptors (Lipinski definition) is 4. The minimum atomic E-state index is 0.509. The molecule has 2 bridgehead atoms. The first-order valence-corrected chi connectivity index (χ1v) is 8.01. The first-order valence-electron chi connectivity index (χ1n) is 8.01. The average molecular weight is 274 g/mol. The summed E-state index contributed by atoms with van der Waals surface area (Å²) in [5, 5.41) is 6.75. The molecule has 2 aliphatic carbocycles. The predicted molar refractivity (Wildman–Crippen MR) is 83.0 cm³/mol. The summed E-state index contributed by atoms with van der Waals surface area (Å²) < 4.78 is 0. The monoisotopic (exact) mass is 274 g/mol. The summed E-state index contributed by atoms with van der Waals surface area (Å²) in [5.74, 6) is 5.54. The molecule has 2 saturated carbocycles. The van der Waals surface area contributed by atoms with E-state index in [0.29, 0.717) is 6.04 Å². The van der Waals surface area contributed by atoms with Crippen LogP contribution in [-0.2, 0) is 6.42 Å².